The van der Waals surface area contributed by atoms with Crippen molar-refractivity contribution in [2.45, 2.75) is 39.2 Å². The van der Waals surface area contributed by atoms with Crippen LogP contribution in [0.5, 0.6) is 0 Å². The second kappa shape index (κ2) is 7.36. The molecule has 0 bridgehead atoms. The highest BCUT2D eigenvalue weighted by molar-refractivity contribution is 7.13. The lowest BCUT2D eigenvalue weighted by atomic mass is 10.0. The second-order valence-electron chi connectivity index (χ2n) is 5.27. The Kier molecular flexibility index (Phi) is 5.51. The monoisotopic (exact) mass is 302 g/mol. The van der Waals surface area contributed by atoms with Gasteiger partial charge in [0, 0.05) is 24.3 Å². The maximum atomic E-state index is 12.7. The maximum Gasteiger partial charge on any atom is 0.264 e. The fraction of sp³-hybridized carbons (Fsp3) is 0.412. The first kappa shape index (κ1) is 15.7. The van der Waals surface area contributed by atoms with E-state index in [0.717, 1.165) is 29.7 Å². The molecule has 0 saturated heterocycles. The minimum atomic E-state index is 0.0913. The van der Waals surface area contributed by atoms with Gasteiger partial charge in [0.25, 0.3) is 5.91 Å². The highest BCUT2D eigenvalue weighted by Crippen LogP contribution is 2.27. The molecule has 3 nitrogen and oxygen atoms in total. The molecule has 0 radical (unpaired) electrons. The van der Waals surface area contributed by atoms with Crippen LogP contribution in [-0.2, 0) is 0 Å². The smallest absolute Gasteiger partial charge is 0.264 e. The Morgan fingerprint density at radius 2 is 2.19 bits per heavy atom. The van der Waals surface area contributed by atoms with Crippen molar-refractivity contribution in [2.24, 2.45) is 0 Å². The van der Waals surface area contributed by atoms with E-state index in [2.05, 4.69) is 18.0 Å². The first-order valence-electron chi connectivity index (χ1n) is 7.37. The number of carbonyl (C=O) groups is 1. The number of amides is 1. The van der Waals surface area contributed by atoms with E-state index in [1.807, 2.05) is 43.3 Å². The van der Waals surface area contributed by atoms with E-state index in [1.165, 1.54) is 4.88 Å². The van der Waals surface area contributed by atoms with Gasteiger partial charge >= 0.3 is 0 Å². The average molecular weight is 302 g/mol. The third-order valence-corrected chi connectivity index (χ3v) is 4.63. The molecule has 0 saturated carbocycles. The number of carbonyl (C=O) groups excluding carboxylic acids is 1. The lowest BCUT2D eigenvalue weighted by Gasteiger charge is -2.28. The van der Waals surface area contributed by atoms with E-state index in [0.29, 0.717) is 0 Å². The zero-order valence-electron chi connectivity index (χ0n) is 12.9. The minimum absolute atomic E-state index is 0.0913. The topological polar surface area (TPSA) is 33.2 Å². The highest BCUT2D eigenvalue weighted by Gasteiger charge is 2.23. The Balaban J connectivity index is 2.21. The van der Waals surface area contributed by atoms with Gasteiger partial charge < -0.3 is 4.90 Å². The van der Waals surface area contributed by atoms with Crippen LogP contribution in [0.15, 0.2) is 36.7 Å². The van der Waals surface area contributed by atoms with Crippen LogP contribution in [-0.4, -0.2) is 22.8 Å². The van der Waals surface area contributed by atoms with Crippen LogP contribution in [0.25, 0.3) is 0 Å². The standard InChI is InChI=1S/C17H22N2OS/c1-4-5-8-15(14-7-6-11-18-12-14)19(3)17(20)16-10-9-13(2)21-16/h6-7,9-12,15H,4-5,8H2,1-3H3. The summed E-state index contributed by atoms with van der Waals surface area (Å²) in [4.78, 5) is 20.7. The first-order valence-corrected chi connectivity index (χ1v) is 8.18. The van der Waals surface area contributed by atoms with Crippen molar-refractivity contribution >= 4 is 17.2 Å². The number of hydrogen-bond donors (Lipinski definition) is 0. The Morgan fingerprint density at radius 3 is 2.76 bits per heavy atom. The average Bonchev–Trinajstić information content (AvgIpc) is 2.94. The number of aromatic nitrogens is 1. The van der Waals surface area contributed by atoms with E-state index in [9.17, 15) is 4.79 Å². The van der Waals surface area contributed by atoms with Gasteiger partial charge in [0.05, 0.1) is 10.9 Å². The summed E-state index contributed by atoms with van der Waals surface area (Å²) in [7, 11) is 1.89. The molecule has 0 N–H and O–H groups in total. The fourth-order valence-electron chi connectivity index (χ4n) is 2.42. The molecule has 0 fully saturated rings. The van der Waals surface area contributed by atoms with Crippen molar-refractivity contribution in [3.8, 4) is 0 Å². The van der Waals surface area contributed by atoms with Crippen LogP contribution in [0.2, 0.25) is 0 Å². The molecule has 21 heavy (non-hydrogen) atoms. The Hall–Kier alpha value is -1.68. The molecule has 0 aliphatic carbocycles. The van der Waals surface area contributed by atoms with Gasteiger partial charge in [-0.25, -0.2) is 0 Å². The number of hydrogen-bond acceptors (Lipinski definition) is 3. The largest absolute Gasteiger partial charge is 0.334 e. The van der Waals surface area contributed by atoms with Crippen LogP contribution in [0, 0.1) is 6.92 Å². The summed E-state index contributed by atoms with van der Waals surface area (Å²) < 4.78 is 0. The van der Waals surface area contributed by atoms with Gasteiger partial charge in [-0.15, -0.1) is 11.3 Å². The fourth-order valence-corrected chi connectivity index (χ4v) is 3.27. The van der Waals surface area contributed by atoms with Gasteiger partial charge in [0.1, 0.15) is 0 Å². The molecular formula is C17H22N2OS. The first-order chi connectivity index (χ1) is 10.1. The number of rotatable bonds is 6. The lowest BCUT2D eigenvalue weighted by Crippen LogP contribution is -2.30. The molecule has 2 aromatic rings. The number of nitrogens with zero attached hydrogens (tertiary/aromatic N) is 2. The third kappa shape index (κ3) is 3.91. The quantitative estimate of drug-likeness (QED) is 0.789. The maximum absolute atomic E-state index is 12.7. The summed E-state index contributed by atoms with van der Waals surface area (Å²) in [6.45, 7) is 4.20. The Morgan fingerprint density at radius 1 is 1.38 bits per heavy atom. The van der Waals surface area contributed by atoms with Crippen LogP contribution in [0.3, 0.4) is 0 Å². The molecule has 2 aromatic heterocycles. The van der Waals surface area contributed by atoms with Crippen molar-refractivity contribution in [1.29, 1.82) is 0 Å². The molecule has 2 heterocycles. The molecule has 4 heteroatoms. The molecule has 0 aliphatic heterocycles. The summed E-state index contributed by atoms with van der Waals surface area (Å²) >= 11 is 1.55. The predicted octanol–water partition coefficient (Wildman–Crippen LogP) is 4.46. The summed E-state index contributed by atoms with van der Waals surface area (Å²) in [6.07, 6.45) is 6.82. The Bertz CT molecular complexity index is 579. The van der Waals surface area contributed by atoms with E-state index in [-0.39, 0.29) is 11.9 Å². The SMILES string of the molecule is CCCCC(c1cccnc1)N(C)C(=O)c1ccc(C)s1. The minimum Gasteiger partial charge on any atom is -0.334 e. The zero-order valence-corrected chi connectivity index (χ0v) is 13.7. The van der Waals surface area contributed by atoms with E-state index < -0.39 is 0 Å². The normalized spacial score (nSPS) is 12.1. The van der Waals surface area contributed by atoms with Crippen molar-refractivity contribution in [3.05, 3.63) is 52.0 Å². The number of pyridine rings is 1. The molecule has 1 atom stereocenters. The van der Waals surface area contributed by atoms with E-state index in [4.69, 9.17) is 0 Å². The third-order valence-electron chi connectivity index (χ3n) is 3.64. The summed E-state index contributed by atoms with van der Waals surface area (Å²) in [5, 5.41) is 0. The molecule has 112 valence electrons. The van der Waals surface area contributed by atoms with Gasteiger partial charge in [-0.1, -0.05) is 25.8 Å². The van der Waals surface area contributed by atoms with E-state index >= 15 is 0 Å². The second-order valence-corrected chi connectivity index (χ2v) is 6.56. The van der Waals surface area contributed by atoms with Gasteiger partial charge in [-0.3, -0.25) is 9.78 Å². The zero-order chi connectivity index (χ0) is 15.2. The van der Waals surface area contributed by atoms with Crippen molar-refractivity contribution in [2.75, 3.05) is 7.05 Å². The van der Waals surface area contributed by atoms with Crippen molar-refractivity contribution in [3.63, 3.8) is 0 Å². The van der Waals surface area contributed by atoms with Gasteiger partial charge in [-0.2, -0.15) is 0 Å². The lowest BCUT2D eigenvalue weighted by molar-refractivity contribution is 0.0725. The predicted molar refractivity (Wildman–Crippen MR) is 87.7 cm³/mol. The molecule has 0 spiro atoms. The Labute approximate surface area is 130 Å². The summed E-state index contributed by atoms with van der Waals surface area (Å²) in [6, 6.07) is 7.99. The van der Waals surface area contributed by atoms with Crippen LogP contribution >= 0.6 is 11.3 Å². The van der Waals surface area contributed by atoms with Crippen molar-refractivity contribution < 1.29 is 4.79 Å². The van der Waals surface area contributed by atoms with Gasteiger partial charge in [-0.05, 0) is 37.1 Å². The molecule has 1 unspecified atom stereocenters. The van der Waals surface area contributed by atoms with Crippen LogP contribution in [0.4, 0.5) is 0 Å². The molecule has 0 aromatic carbocycles. The van der Waals surface area contributed by atoms with Crippen LogP contribution in [0.1, 0.15) is 52.3 Å². The highest BCUT2D eigenvalue weighted by atomic mass is 32.1. The summed E-state index contributed by atoms with van der Waals surface area (Å²) in [5.74, 6) is 0.0954. The van der Waals surface area contributed by atoms with Gasteiger partial charge in [0.2, 0.25) is 0 Å². The number of unbranched alkanes of at least 4 members (excludes halogenated alkanes) is 1. The molecule has 1 amide bonds. The molecule has 2 rings (SSSR count). The summed E-state index contributed by atoms with van der Waals surface area (Å²) in [5.41, 5.74) is 1.11. The molecule has 0 aliphatic rings. The number of thiophene rings is 1. The van der Waals surface area contributed by atoms with E-state index in [1.54, 1.807) is 17.5 Å². The molecular weight excluding hydrogens is 280 g/mol. The van der Waals surface area contributed by atoms with Gasteiger partial charge in [0.15, 0.2) is 0 Å². The number of aryl methyl sites for hydroxylation is 1. The van der Waals surface area contributed by atoms with Crippen LogP contribution < -0.4 is 0 Å². The van der Waals surface area contributed by atoms with Crippen molar-refractivity contribution in [1.82, 2.24) is 9.88 Å².